The minimum absolute atomic E-state index is 0.0318. The van der Waals surface area contributed by atoms with Crippen LogP contribution < -0.4 is 20.2 Å². The van der Waals surface area contributed by atoms with Crippen LogP contribution in [0.1, 0.15) is 47.6 Å². The van der Waals surface area contributed by atoms with Gasteiger partial charge in [-0.25, -0.2) is 5.43 Å². The molecular formula is C29H33N3O4. The van der Waals surface area contributed by atoms with Crippen molar-refractivity contribution in [1.82, 2.24) is 5.43 Å². The van der Waals surface area contributed by atoms with E-state index in [1.807, 2.05) is 82.3 Å². The molecule has 3 rings (SSSR count). The van der Waals surface area contributed by atoms with E-state index < -0.39 is 0 Å². The molecular weight excluding hydrogens is 454 g/mol. The summed E-state index contributed by atoms with van der Waals surface area (Å²) in [4.78, 5) is 24.3. The van der Waals surface area contributed by atoms with Gasteiger partial charge in [-0.2, -0.15) is 5.10 Å². The summed E-state index contributed by atoms with van der Waals surface area (Å²) in [6.45, 7) is 8.76. The number of hydrogen-bond donors (Lipinski definition) is 2. The average molecular weight is 488 g/mol. The smallest absolute Gasteiger partial charge is 0.240 e. The summed E-state index contributed by atoms with van der Waals surface area (Å²) in [5, 5.41) is 6.86. The number of anilines is 1. The molecule has 0 aliphatic rings. The van der Waals surface area contributed by atoms with Crippen molar-refractivity contribution in [3.63, 3.8) is 0 Å². The molecule has 0 saturated carbocycles. The fraction of sp³-hybridized carbons (Fsp3) is 0.276. The van der Waals surface area contributed by atoms with Gasteiger partial charge in [-0.15, -0.1) is 0 Å². The Bertz CT molecular complexity index is 1220. The monoisotopic (exact) mass is 487 g/mol. The Morgan fingerprint density at radius 3 is 2.31 bits per heavy atom. The highest BCUT2D eigenvalue weighted by Gasteiger charge is 2.09. The topological polar surface area (TPSA) is 89.0 Å². The Labute approximate surface area is 212 Å². The van der Waals surface area contributed by atoms with E-state index in [0.29, 0.717) is 24.7 Å². The minimum Gasteiger partial charge on any atom is -0.490 e. The maximum Gasteiger partial charge on any atom is 0.240 e. The van der Waals surface area contributed by atoms with Crippen molar-refractivity contribution in [2.45, 2.75) is 47.1 Å². The van der Waals surface area contributed by atoms with Gasteiger partial charge in [-0.3, -0.25) is 9.59 Å². The number of amides is 2. The van der Waals surface area contributed by atoms with E-state index in [0.717, 1.165) is 27.9 Å². The molecule has 0 bridgehead atoms. The molecule has 7 nitrogen and oxygen atoms in total. The van der Waals surface area contributed by atoms with E-state index in [9.17, 15) is 9.59 Å². The van der Waals surface area contributed by atoms with Gasteiger partial charge in [0.05, 0.1) is 12.8 Å². The third-order valence-electron chi connectivity index (χ3n) is 5.43. The maximum atomic E-state index is 12.2. The number of nitrogens with zero attached hydrogens (tertiary/aromatic N) is 1. The summed E-state index contributed by atoms with van der Waals surface area (Å²) < 4.78 is 11.7. The fourth-order valence-corrected chi connectivity index (χ4v) is 3.38. The maximum absolute atomic E-state index is 12.2. The second kappa shape index (κ2) is 13.1. The Balaban J connectivity index is 1.50. The second-order valence-corrected chi connectivity index (χ2v) is 8.57. The predicted octanol–water partition coefficient (Wildman–Crippen LogP) is 5.46. The molecule has 0 saturated heterocycles. The van der Waals surface area contributed by atoms with Crippen molar-refractivity contribution >= 4 is 23.7 Å². The van der Waals surface area contributed by atoms with Crippen molar-refractivity contribution in [3.05, 3.63) is 88.5 Å². The zero-order valence-corrected chi connectivity index (χ0v) is 21.3. The van der Waals surface area contributed by atoms with E-state index in [4.69, 9.17) is 9.47 Å². The summed E-state index contributed by atoms with van der Waals surface area (Å²) >= 11 is 0. The lowest BCUT2D eigenvalue weighted by atomic mass is 10.1. The molecule has 0 unspecified atom stereocenters. The van der Waals surface area contributed by atoms with E-state index in [-0.39, 0.29) is 24.7 Å². The van der Waals surface area contributed by atoms with E-state index >= 15 is 0 Å². The van der Waals surface area contributed by atoms with Crippen LogP contribution in [0, 0.1) is 20.8 Å². The quantitative estimate of drug-likeness (QED) is 0.278. The van der Waals surface area contributed by atoms with Crippen molar-refractivity contribution < 1.29 is 19.1 Å². The lowest BCUT2D eigenvalue weighted by Gasteiger charge is -2.13. The Kier molecular flexibility index (Phi) is 9.63. The first kappa shape index (κ1) is 26.5. The van der Waals surface area contributed by atoms with Gasteiger partial charge >= 0.3 is 0 Å². The molecule has 0 atom stereocenters. The number of hydrogen-bond acceptors (Lipinski definition) is 5. The first-order chi connectivity index (χ1) is 17.3. The molecule has 0 spiro atoms. The van der Waals surface area contributed by atoms with Gasteiger partial charge in [-0.05, 0) is 74.2 Å². The Hall–Kier alpha value is -4.13. The number of nitrogens with one attached hydrogen (secondary N) is 2. The van der Waals surface area contributed by atoms with Crippen LogP contribution in [0.15, 0.2) is 65.8 Å². The van der Waals surface area contributed by atoms with E-state index in [2.05, 4.69) is 15.8 Å². The second-order valence-electron chi connectivity index (χ2n) is 8.57. The molecule has 0 aliphatic carbocycles. The Morgan fingerprint density at radius 1 is 0.833 bits per heavy atom. The molecule has 3 aromatic carbocycles. The lowest BCUT2D eigenvalue weighted by molar-refractivity contribution is -0.124. The van der Waals surface area contributed by atoms with Crippen LogP contribution in [0.25, 0.3) is 0 Å². The molecule has 188 valence electrons. The van der Waals surface area contributed by atoms with Crippen molar-refractivity contribution in [2.75, 3.05) is 11.9 Å². The Morgan fingerprint density at radius 2 is 1.56 bits per heavy atom. The number of ether oxygens (including phenoxy) is 2. The molecule has 2 amide bonds. The summed E-state index contributed by atoms with van der Waals surface area (Å²) in [6.07, 6.45) is 1.63. The summed E-state index contributed by atoms with van der Waals surface area (Å²) in [5.41, 5.74) is 8.27. The van der Waals surface area contributed by atoms with Gasteiger partial charge in [0.1, 0.15) is 6.61 Å². The van der Waals surface area contributed by atoms with Gasteiger partial charge in [-0.1, -0.05) is 42.0 Å². The van der Waals surface area contributed by atoms with E-state index in [1.54, 1.807) is 6.07 Å². The van der Waals surface area contributed by atoms with Crippen LogP contribution in [0.3, 0.4) is 0 Å². The van der Waals surface area contributed by atoms with Crippen LogP contribution >= 0.6 is 0 Å². The molecule has 36 heavy (non-hydrogen) atoms. The van der Waals surface area contributed by atoms with Crippen molar-refractivity contribution in [1.29, 1.82) is 0 Å². The highest BCUT2D eigenvalue weighted by molar-refractivity contribution is 5.94. The van der Waals surface area contributed by atoms with Gasteiger partial charge in [0.15, 0.2) is 11.5 Å². The van der Waals surface area contributed by atoms with Crippen LogP contribution in [0.5, 0.6) is 11.5 Å². The fourth-order valence-electron chi connectivity index (χ4n) is 3.38. The third kappa shape index (κ3) is 8.27. The molecule has 0 fully saturated rings. The molecule has 7 heteroatoms. The van der Waals surface area contributed by atoms with Gasteiger partial charge in [0.25, 0.3) is 0 Å². The summed E-state index contributed by atoms with van der Waals surface area (Å²) in [6, 6.07) is 19.5. The number of benzene rings is 3. The van der Waals surface area contributed by atoms with Gasteiger partial charge in [0, 0.05) is 18.5 Å². The highest BCUT2D eigenvalue weighted by atomic mass is 16.5. The van der Waals surface area contributed by atoms with Crippen LogP contribution in [-0.2, 0) is 16.2 Å². The molecule has 0 aromatic heterocycles. The molecule has 0 radical (unpaired) electrons. The first-order valence-electron chi connectivity index (χ1n) is 12.0. The first-order valence-corrected chi connectivity index (χ1v) is 12.0. The average Bonchev–Trinajstić information content (AvgIpc) is 2.86. The minimum atomic E-state index is -0.342. The third-order valence-corrected chi connectivity index (χ3v) is 5.43. The lowest BCUT2D eigenvalue weighted by Crippen LogP contribution is -2.21. The zero-order valence-electron chi connectivity index (χ0n) is 21.3. The number of carbonyl (C=O) groups excluding carboxylic acids is 2. The number of carbonyl (C=O) groups is 2. The van der Waals surface area contributed by atoms with Crippen LogP contribution in [-0.4, -0.2) is 24.6 Å². The normalized spacial score (nSPS) is 10.8. The van der Waals surface area contributed by atoms with Crippen LogP contribution in [0.2, 0.25) is 0 Å². The predicted molar refractivity (Wildman–Crippen MR) is 143 cm³/mol. The largest absolute Gasteiger partial charge is 0.490 e. The van der Waals surface area contributed by atoms with E-state index in [1.165, 1.54) is 11.8 Å². The van der Waals surface area contributed by atoms with Gasteiger partial charge < -0.3 is 14.8 Å². The zero-order chi connectivity index (χ0) is 25.9. The summed E-state index contributed by atoms with van der Waals surface area (Å²) in [5.74, 6) is 0.673. The highest BCUT2D eigenvalue weighted by Crippen LogP contribution is 2.29. The number of rotatable bonds is 11. The number of hydrazone groups is 1. The molecule has 0 aliphatic heterocycles. The van der Waals surface area contributed by atoms with Crippen molar-refractivity contribution in [3.8, 4) is 11.5 Å². The molecule has 2 N–H and O–H groups in total. The molecule has 3 aromatic rings. The van der Waals surface area contributed by atoms with Crippen molar-refractivity contribution in [2.24, 2.45) is 5.10 Å². The standard InChI is InChI=1S/C29H33N3O4/c1-5-35-27-17-24(12-13-26(27)36-19-23-10-7-20(2)8-11-23)18-30-32-29(34)15-14-28(33)31-25-16-21(3)6-9-22(25)4/h6-13,16-18H,5,14-15,19H2,1-4H3,(H,31,33)(H,32,34). The van der Waals surface area contributed by atoms with Gasteiger partial charge in [0.2, 0.25) is 11.8 Å². The SMILES string of the molecule is CCOc1cc(C=NNC(=O)CCC(=O)Nc2cc(C)ccc2C)ccc1OCc1ccc(C)cc1. The molecule has 0 heterocycles. The number of aryl methyl sites for hydroxylation is 3. The van der Waals surface area contributed by atoms with Crippen LogP contribution in [0.4, 0.5) is 5.69 Å². The summed E-state index contributed by atoms with van der Waals surface area (Å²) in [7, 11) is 0.